The highest BCUT2D eigenvalue weighted by Gasteiger charge is 2.30. The molecular formula is C17H22N2O2. The second-order valence-corrected chi connectivity index (χ2v) is 5.40. The number of nitrogens with one attached hydrogen (secondary N) is 1. The molecular weight excluding hydrogens is 264 g/mol. The van der Waals surface area contributed by atoms with Gasteiger partial charge in [0, 0.05) is 6.61 Å². The van der Waals surface area contributed by atoms with E-state index >= 15 is 0 Å². The van der Waals surface area contributed by atoms with E-state index in [1.165, 1.54) is 0 Å². The summed E-state index contributed by atoms with van der Waals surface area (Å²) in [5.41, 5.74) is 2.21. The van der Waals surface area contributed by atoms with Crippen molar-refractivity contribution in [2.75, 3.05) is 11.9 Å². The summed E-state index contributed by atoms with van der Waals surface area (Å²) >= 11 is 0. The van der Waals surface area contributed by atoms with Crippen LogP contribution in [0.1, 0.15) is 44.2 Å². The highest BCUT2D eigenvalue weighted by Crippen LogP contribution is 2.26. The van der Waals surface area contributed by atoms with Crippen LogP contribution in [-0.4, -0.2) is 18.6 Å². The van der Waals surface area contributed by atoms with Crippen molar-refractivity contribution in [2.24, 2.45) is 5.92 Å². The maximum Gasteiger partial charge on any atom is 0.230 e. The molecule has 1 aromatic carbocycles. The molecule has 1 aromatic rings. The highest BCUT2D eigenvalue weighted by atomic mass is 16.5. The zero-order valence-corrected chi connectivity index (χ0v) is 12.7. The van der Waals surface area contributed by atoms with E-state index in [1.54, 1.807) is 0 Å². The lowest BCUT2D eigenvalue weighted by Gasteiger charge is -2.30. The SMILES string of the molecule is CCc1ccc(NC(=O)[C@H]2CCCO[C@H]2CC)c(C#N)c1. The van der Waals surface area contributed by atoms with Gasteiger partial charge >= 0.3 is 0 Å². The molecule has 1 heterocycles. The number of nitrogens with zero attached hydrogens (tertiary/aromatic N) is 1. The normalized spacial score (nSPS) is 21.6. The minimum atomic E-state index is -0.124. The van der Waals surface area contributed by atoms with Crippen LogP contribution in [0.5, 0.6) is 0 Å². The van der Waals surface area contributed by atoms with E-state index in [1.807, 2.05) is 32.0 Å². The number of benzene rings is 1. The third-order valence-corrected chi connectivity index (χ3v) is 4.05. The number of nitriles is 1. The molecule has 0 aromatic heterocycles. The van der Waals surface area contributed by atoms with Crippen LogP contribution in [0.15, 0.2) is 18.2 Å². The van der Waals surface area contributed by atoms with Gasteiger partial charge in [-0.15, -0.1) is 0 Å². The second kappa shape index (κ2) is 7.24. The molecule has 0 unspecified atom stereocenters. The van der Waals surface area contributed by atoms with Crippen molar-refractivity contribution >= 4 is 11.6 Å². The van der Waals surface area contributed by atoms with Gasteiger partial charge in [-0.25, -0.2) is 0 Å². The Hall–Kier alpha value is -1.86. The van der Waals surface area contributed by atoms with Crippen molar-refractivity contribution in [1.29, 1.82) is 5.26 Å². The van der Waals surface area contributed by atoms with Gasteiger partial charge in [-0.2, -0.15) is 5.26 Å². The Morgan fingerprint density at radius 3 is 2.95 bits per heavy atom. The molecule has 1 aliphatic heterocycles. The lowest BCUT2D eigenvalue weighted by atomic mass is 9.91. The summed E-state index contributed by atoms with van der Waals surface area (Å²) in [6.07, 6.45) is 3.45. The molecule has 4 heteroatoms. The number of amides is 1. The molecule has 1 saturated heterocycles. The average molecular weight is 286 g/mol. The van der Waals surface area contributed by atoms with Gasteiger partial charge in [0.25, 0.3) is 0 Å². The van der Waals surface area contributed by atoms with E-state index in [0.29, 0.717) is 11.3 Å². The number of hydrogen-bond acceptors (Lipinski definition) is 3. The fourth-order valence-electron chi connectivity index (χ4n) is 2.78. The third-order valence-electron chi connectivity index (χ3n) is 4.05. The fraction of sp³-hybridized carbons (Fsp3) is 0.529. The molecule has 0 aliphatic carbocycles. The topological polar surface area (TPSA) is 62.1 Å². The van der Waals surface area contributed by atoms with E-state index in [0.717, 1.165) is 37.9 Å². The minimum absolute atomic E-state index is 0.0146. The number of ether oxygens (including phenoxy) is 1. The fourth-order valence-corrected chi connectivity index (χ4v) is 2.78. The Morgan fingerprint density at radius 2 is 2.29 bits per heavy atom. The summed E-state index contributed by atoms with van der Waals surface area (Å²) in [6.45, 7) is 4.81. The van der Waals surface area contributed by atoms with Crippen molar-refractivity contribution in [1.82, 2.24) is 0 Å². The number of carbonyl (C=O) groups excluding carboxylic acids is 1. The largest absolute Gasteiger partial charge is 0.377 e. The first-order chi connectivity index (χ1) is 10.2. The molecule has 0 saturated carbocycles. The van der Waals surface area contributed by atoms with Crippen molar-refractivity contribution in [3.05, 3.63) is 29.3 Å². The molecule has 0 bridgehead atoms. The summed E-state index contributed by atoms with van der Waals surface area (Å²) in [4.78, 5) is 12.5. The molecule has 1 fully saturated rings. The number of carbonyl (C=O) groups is 1. The quantitative estimate of drug-likeness (QED) is 0.924. The molecule has 1 N–H and O–H groups in total. The Morgan fingerprint density at radius 1 is 1.48 bits per heavy atom. The van der Waals surface area contributed by atoms with Crippen molar-refractivity contribution in [3.63, 3.8) is 0 Å². The predicted octanol–water partition coefficient (Wildman–Crippen LogP) is 3.26. The summed E-state index contributed by atoms with van der Waals surface area (Å²) in [5.74, 6) is -0.163. The maximum atomic E-state index is 12.5. The molecule has 2 rings (SSSR count). The molecule has 1 amide bonds. The van der Waals surface area contributed by atoms with Gasteiger partial charge in [0.05, 0.1) is 23.3 Å². The first kappa shape index (κ1) is 15.5. The number of hydrogen-bond donors (Lipinski definition) is 1. The first-order valence-electron chi connectivity index (χ1n) is 7.65. The van der Waals surface area contributed by atoms with Gasteiger partial charge in [0.15, 0.2) is 0 Å². The summed E-state index contributed by atoms with van der Waals surface area (Å²) in [7, 11) is 0. The van der Waals surface area contributed by atoms with Crippen LogP contribution in [-0.2, 0) is 16.0 Å². The van der Waals surface area contributed by atoms with Crippen molar-refractivity contribution in [2.45, 2.75) is 45.6 Å². The smallest absolute Gasteiger partial charge is 0.230 e. The average Bonchev–Trinajstić information content (AvgIpc) is 2.55. The Balaban J connectivity index is 2.13. The van der Waals surface area contributed by atoms with Gasteiger partial charge in [0.1, 0.15) is 6.07 Å². The molecule has 4 nitrogen and oxygen atoms in total. The van der Waals surface area contributed by atoms with Crippen LogP contribution < -0.4 is 5.32 Å². The van der Waals surface area contributed by atoms with Crippen LogP contribution in [0, 0.1) is 17.2 Å². The van der Waals surface area contributed by atoms with Crippen LogP contribution in [0.3, 0.4) is 0 Å². The van der Waals surface area contributed by atoms with Gasteiger partial charge < -0.3 is 10.1 Å². The van der Waals surface area contributed by atoms with E-state index in [-0.39, 0.29) is 17.9 Å². The Labute approximate surface area is 126 Å². The van der Waals surface area contributed by atoms with Crippen molar-refractivity contribution < 1.29 is 9.53 Å². The van der Waals surface area contributed by atoms with E-state index in [2.05, 4.69) is 11.4 Å². The van der Waals surface area contributed by atoms with E-state index < -0.39 is 0 Å². The Kier molecular flexibility index (Phi) is 5.35. The monoisotopic (exact) mass is 286 g/mol. The Bertz CT molecular complexity index is 548. The lowest BCUT2D eigenvalue weighted by Crippen LogP contribution is -2.37. The van der Waals surface area contributed by atoms with Gasteiger partial charge in [-0.05, 0) is 43.4 Å². The molecule has 1 aliphatic rings. The van der Waals surface area contributed by atoms with Gasteiger partial charge in [0.2, 0.25) is 5.91 Å². The van der Waals surface area contributed by atoms with E-state index in [9.17, 15) is 10.1 Å². The summed E-state index contributed by atoms with van der Waals surface area (Å²) < 4.78 is 5.67. The molecule has 0 spiro atoms. The van der Waals surface area contributed by atoms with Gasteiger partial charge in [-0.3, -0.25) is 4.79 Å². The van der Waals surface area contributed by atoms with Crippen LogP contribution >= 0.6 is 0 Å². The summed E-state index contributed by atoms with van der Waals surface area (Å²) in [6, 6.07) is 7.76. The minimum Gasteiger partial charge on any atom is -0.377 e. The third kappa shape index (κ3) is 3.62. The van der Waals surface area contributed by atoms with Crippen LogP contribution in [0.4, 0.5) is 5.69 Å². The molecule has 2 atom stereocenters. The number of anilines is 1. The standard InChI is InChI=1S/C17H22N2O2/c1-3-12-7-8-15(13(10-12)11-18)19-17(20)14-6-5-9-21-16(14)4-2/h7-8,10,14,16H,3-6,9H2,1-2H3,(H,19,20)/t14-,16-/m0/s1. The molecule has 112 valence electrons. The van der Waals surface area contributed by atoms with Crippen molar-refractivity contribution in [3.8, 4) is 6.07 Å². The first-order valence-corrected chi connectivity index (χ1v) is 7.65. The molecule has 0 radical (unpaired) electrons. The highest BCUT2D eigenvalue weighted by molar-refractivity contribution is 5.94. The lowest BCUT2D eigenvalue weighted by molar-refractivity contribution is -0.129. The second-order valence-electron chi connectivity index (χ2n) is 5.40. The maximum absolute atomic E-state index is 12.5. The zero-order chi connectivity index (χ0) is 15.2. The van der Waals surface area contributed by atoms with E-state index in [4.69, 9.17) is 4.74 Å². The zero-order valence-electron chi connectivity index (χ0n) is 12.7. The molecule has 21 heavy (non-hydrogen) atoms. The number of rotatable bonds is 4. The summed E-state index contributed by atoms with van der Waals surface area (Å²) in [5, 5.41) is 12.1. The van der Waals surface area contributed by atoms with Crippen LogP contribution in [0.2, 0.25) is 0 Å². The number of aryl methyl sites for hydroxylation is 1. The predicted molar refractivity (Wildman–Crippen MR) is 81.9 cm³/mol. The van der Waals surface area contributed by atoms with Crippen LogP contribution in [0.25, 0.3) is 0 Å². The van der Waals surface area contributed by atoms with Gasteiger partial charge in [-0.1, -0.05) is 19.9 Å².